The predicted molar refractivity (Wildman–Crippen MR) is 120 cm³/mol. The molecule has 3 amide bonds. The molecule has 2 aromatic rings. The normalized spacial score (nSPS) is 17.2. The van der Waals surface area contributed by atoms with Crippen molar-refractivity contribution in [1.29, 1.82) is 0 Å². The van der Waals surface area contributed by atoms with Gasteiger partial charge in [0.2, 0.25) is 5.84 Å². The predicted octanol–water partition coefficient (Wildman–Crippen LogP) is 4.79. The van der Waals surface area contributed by atoms with Crippen LogP contribution in [0.25, 0.3) is 0 Å². The molecule has 3 rings (SSSR count). The van der Waals surface area contributed by atoms with E-state index in [1.54, 1.807) is 6.07 Å². The van der Waals surface area contributed by atoms with E-state index in [-0.39, 0.29) is 17.4 Å². The van der Waals surface area contributed by atoms with Crippen LogP contribution in [-0.2, 0) is 4.79 Å². The van der Waals surface area contributed by atoms with Crippen molar-refractivity contribution >= 4 is 72.6 Å². The maximum absolute atomic E-state index is 14.2. The van der Waals surface area contributed by atoms with Crippen molar-refractivity contribution < 1.29 is 14.0 Å². The summed E-state index contributed by atoms with van der Waals surface area (Å²) in [4.78, 5) is 31.9. The first kappa shape index (κ1) is 21.7. The van der Waals surface area contributed by atoms with Gasteiger partial charge < -0.3 is 5.32 Å². The topological polar surface area (TPSA) is 65.0 Å². The van der Waals surface area contributed by atoms with Crippen molar-refractivity contribution in [2.24, 2.45) is 4.99 Å². The number of carbonyl (C=O) groups excluding carboxylic acids is 2. The van der Waals surface area contributed by atoms with Crippen LogP contribution in [0, 0.1) is 5.82 Å². The number of rotatable bonds is 6. The van der Waals surface area contributed by atoms with E-state index in [4.69, 9.17) is 11.6 Å². The number of anilines is 2. The molecule has 0 aliphatic carbocycles. The molecule has 2 aromatic carbocycles. The van der Waals surface area contributed by atoms with Crippen LogP contribution in [0.2, 0.25) is 0 Å². The van der Waals surface area contributed by atoms with E-state index in [9.17, 15) is 14.0 Å². The molecule has 10 heteroatoms. The molecule has 1 aliphatic rings. The van der Waals surface area contributed by atoms with E-state index < -0.39 is 27.2 Å². The minimum absolute atomic E-state index is 0.0944. The molecule has 0 spiro atoms. The Morgan fingerprint density at radius 2 is 1.76 bits per heavy atom. The summed E-state index contributed by atoms with van der Waals surface area (Å²) in [6.45, 7) is 0. The Bertz CT molecular complexity index is 958. The number of para-hydroxylation sites is 2. The van der Waals surface area contributed by atoms with Crippen LogP contribution >= 0.6 is 43.5 Å². The molecular formula is C19H16Br2ClFN4O2. The van der Waals surface area contributed by atoms with Crippen molar-refractivity contribution in [3.05, 3.63) is 60.4 Å². The van der Waals surface area contributed by atoms with Crippen LogP contribution in [0.5, 0.6) is 0 Å². The van der Waals surface area contributed by atoms with E-state index in [0.717, 1.165) is 15.5 Å². The molecule has 1 aliphatic heterocycles. The lowest BCUT2D eigenvalue weighted by Crippen LogP contribution is -2.40. The summed E-state index contributed by atoms with van der Waals surface area (Å²) in [7, 11) is 1.41. The minimum atomic E-state index is -0.917. The maximum Gasteiger partial charge on any atom is 0.337 e. The fraction of sp³-hybridized carbons (Fsp3) is 0.211. The van der Waals surface area contributed by atoms with Crippen LogP contribution in [-0.4, -0.2) is 45.0 Å². The number of amides is 3. The Balaban J connectivity index is 2.00. The maximum atomic E-state index is 14.2. The number of likely N-dealkylation sites (N-methyl/N-ethyl adjacent to an activating group) is 1. The first-order valence-electron chi connectivity index (χ1n) is 8.46. The van der Waals surface area contributed by atoms with Gasteiger partial charge in [-0.05, 0) is 24.3 Å². The molecule has 1 unspecified atom stereocenters. The number of hydrogen-bond donors (Lipinski definition) is 1. The van der Waals surface area contributed by atoms with E-state index in [0.29, 0.717) is 0 Å². The average molecular weight is 547 g/mol. The van der Waals surface area contributed by atoms with Gasteiger partial charge in [-0.3, -0.25) is 9.69 Å². The molecule has 1 fully saturated rings. The number of benzene rings is 2. The van der Waals surface area contributed by atoms with Gasteiger partial charge >= 0.3 is 11.9 Å². The van der Waals surface area contributed by atoms with E-state index in [1.807, 2.05) is 30.3 Å². The lowest BCUT2D eigenvalue weighted by molar-refractivity contribution is -0.111. The van der Waals surface area contributed by atoms with Crippen molar-refractivity contribution in [3.8, 4) is 0 Å². The van der Waals surface area contributed by atoms with E-state index >= 15 is 0 Å². The number of nitrogens with one attached hydrogen (secondary N) is 1. The summed E-state index contributed by atoms with van der Waals surface area (Å²) < 4.78 is 13.3. The van der Waals surface area contributed by atoms with Gasteiger partial charge in [0.25, 0.3) is 0 Å². The minimum Gasteiger partial charge on any atom is -0.362 e. The van der Waals surface area contributed by atoms with Gasteiger partial charge in [0.15, 0.2) is 0 Å². The molecule has 0 aromatic heterocycles. The second kappa shape index (κ2) is 8.81. The van der Waals surface area contributed by atoms with Crippen molar-refractivity contribution in [2.75, 3.05) is 23.1 Å². The van der Waals surface area contributed by atoms with Gasteiger partial charge in [0, 0.05) is 12.7 Å². The zero-order valence-corrected chi connectivity index (χ0v) is 19.1. The number of alkyl halides is 3. The average Bonchev–Trinajstić information content (AvgIpc) is 2.92. The van der Waals surface area contributed by atoms with Crippen molar-refractivity contribution in [1.82, 2.24) is 4.90 Å². The summed E-state index contributed by atoms with van der Waals surface area (Å²) in [5, 5.41) is 3.17. The fourth-order valence-corrected chi connectivity index (χ4v) is 3.26. The molecule has 1 N–H and O–H groups in total. The van der Waals surface area contributed by atoms with Crippen molar-refractivity contribution in [2.45, 2.75) is 9.40 Å². The molecule has 1 heterocycles. The molecule has 1 saturated heterocycles. The molecule has 152 valence electrons. The Morgan fingerprint density at radius 1 is 1.14 bits per heavy atom. The number of amidine groups is 1. The highest BCUT2D eigenvalue weighted by Gasteiger charge is 2.44. The van der Waals surface area contributed by atoms with Crippen molar-refractivity contribution in [3.63, 3.8) is 0 Å². The SMILES string of the molecule is CN1C(=O)N(c2ccccc2F)C(=O)C1=NC(Nc1ccccc1)C(Br)(Br)CCl. The molecule has 0 saturated carbocycles. The molecular weight excluding hydrogens is 530 g/mol. The number of halogens is 4. The van der Waals surface area contributed by atoms with E-state index in [2.05, 4.69) is 42.2 Å². The number of urea groups is 1. The van der Waals surface area contributed by atoms with Crippen LogP contribution in [0.1, 0.15) is 0 Å². The lowest BCUT2D eigenvalue weighted by atomic mass is 10.2. The lowest BCUT2D eigenvalue weighted by Gasteiger charge is -2.28. The van der Waals surface area contributed by atoms with Gasteiger partial charge in [-0.25, -0.2) is 19.1 Å². The molecule has 29 heavy (non-hydrogen) atoms. The highest BCUT2D eigenvalue weighted by molar-refractivity contribution is 9.25. The first-order valence-corrected chi connectivity index (χ1v) is 10.6. The number of aliphatic imine (C=N–C) groups is 1. The molecule has 0 radical (unpaired) electrons. The Kier molecular flexibility index (Phi) is 6.60. The first-order chi connectivity index (χ1) is 13.8. The molecule has 6 nitrogen and oxygen atoms in total. The number of nitrogens with zero attached hydrogens (tertiary/aromatic N) is 3. The third kappa shape index (κ3) is 4.46. The highest BCUT2D eigenvalue weighted by Crippen LogP contribution is 2.35. The molecule has 0 bridgehead atoms. The fourth-order valence-electron chi connectivity index (χ4n) is 2.68. The number of carbonyl (C=O) groups is 2. The number of imide groups is 1. The monoisotopic (exact) mass is 544 g/mol. The van der Waals surface area contributed by atoms with Gasteiger partial charge in [-0.15, -0.1) is 11.6 Å². The third-order valence-corrected chi connectivity index (χ3v) is 6.69. The summed E-state index contributed by atoms with van der Waals surface area (Å²) in [6, 6.07) is 14.1. The van der Waals surface area contributed by atoms with E-state index in [1.165, 1.54) is 25.2 Å². The second-order valence-corrected chi connectivity index (χ2v) is 10.4. The smallest absolute Gasteiger partial charge is 0.337 e. The molecule has 1 atom stereocenters. The summed E-state index contributed by atoms with van der Waals surface area (Å²) >= 11 is 13.0. The quantitative estimate of drug-likeness (QED) is 0.419. The highest BCUT2D eigenvalue weighted by atomic mass is 79.9. The summed E-state index contributed by atoms with van der Waals surface area (Å²) in [5.41, 5.74) is 0.606. The Morgan fingerprint density at radius 3 is 2.38 bits per heavy atom. The standard InChI is InChI=1S/C19H16Br2ClFN4O2/c1-26-15(16(28)27(18(26)29)14-10-6-5-9-13(14)23)25-17(19(20,21)11-22)24-12-7-3-2-4-8-12/h2-10,17,24H,11H2,1H3. The van der Waals surface area contributed by atoms with Crippen LogP contribution in [0.3, 0.4) is 0 Å². The zero-order valence-electron chi connectivity index (χ0n) is 15.2. The Hall–Kier alpha value is -1.97. The van der Waals surface area contributed by atoms with Crippen LogP contribution < -0.4 is 10.2 Å². The van der Waals surface area contributed by atoms with Crippen LogP contribution in [0.15, 0.2) is 59.6 Å². The third-order valence-electron chi connectivity index (χ3n) is 4.19. The number of hydrogen-bond acceptors (Lipinski definition) is 4. The largest absolute Gasteiger partial charge is 0.362 e. The van der Waals surface area contributed by atoms with Gasteiger partial charge in [-0.2, -0.15) is 0 Å². The van der Waals surface area contributed by atoms with Crippen LogP contribution in [0.4, 0.5) is 20.6 Å². The van der Waals surface area contributed by atoms with Gasteiger partial charge in [0.1, 0.15) is 15.2 Å². The van der Waals surface area contributed by atoms with Gasteiger partial charge in [0.05, 0.1) is 11.6 Å². The zero-order chi connectivity index (χ0) is 21.2. The summed E-state index contributed by atoms with van der Waals surface area (Å²) in [6.07, 6.45) is -0.767. The Labute approximate surface area is 189 Å². The van der Waals surface area contributed by atoms with Gasteiger partial charge in [-0.1, -0.05) is 62.2 Å². The summed E-state index contributed by atoms with van der Waals surface area (Å²) in [5.74, 6) is -1.45. The second-order valence-electron chi connectivity index (χ2n) is 6.19.